The number of aromatic nitrogens is 4. The highest BCUT2D eigenvalue weighted by Gasteiger charge is 2.25. The smallest absolute Gasteiger partial charge is 0.232 e. The Labute approximate surface area is 376 Å². The number of aromatic amines is 4. The van der Waals surface area contributed by atoms with Crippen molar-refractivity contribution in [2.75, 3.05) is 42.3 Å². The molecule has 0 spiro atoms. The minimum atomic E-state index is 0.0388. The van der Waals surface area contributed by atoms with E-state index in [2.05, 4.69) is 186 Å². The number of ether oxygens (including phenoxy) is 2. The summed E-state index contributed by atoms with van der Waals surface area (Å²) >= 11 is 0. The number of benzene rings is 2. The first-order valence-corrected chi connectivity index (χ1v) is 23.7. The van der Waals surface area contributed by atoms with E-state index in [1.165, 1.54) is 56.9 Å². The zero-order chi connectivity index (χ0) is 44.6. The third kappa shape index (κ3) is 11.4. The van der Waals surface area contributed by atoms with Crippen LogP contribution in [0.3, 0.4) is 0 Å². The van der Waals surface area contributed by atoms with Crippen molar-refractivity contribution in [2.45, 2.75) is 110 Å². The monoisotopic (exact) mass is 851 g/mol. The first-order valence-electron chi connectivity index (χ1n) is 23.7. The second kappa shape index (κ2) is 20.4. The topological polar surface area (TPSA) is 81.6 Å². The van der Waals surface area contributed by atoms with Gasteiger partial charge in [0.1, 0.15) is 11.5 Å². The molecule has 334 valence electrons. The van der Waals surface area contributed by atoms with Gasteiger partial charge in [0.15, 0.2) is 0 Å². The van der Waals surface area contributed by atoms with Crippen molar-refractivity contribution in [3.8, 4) is 11.5 Å². The van der Waals surface area contributed by atoms with Crippen LogP contribution >= 0.6 is 0 Å². The molecule has 5 heterocycles. The van der Waals surface area contributed by atoms with Gasteiger partial charge in [0, 0.05) is 68.2 Å². The van der Waals surface area contributed by atoms with E-state index in [0.29, 0.717) is 0 Å². The van der Waals surface area contributed by atoms with Crippen LogP contribution in [0.2, 0.25) is 0 Å². The van der Waals surface area contributed by atoms with Crippen molar-refractivity contribution in [3.05, 3.63) is 152 Å². The lowest BCUT2D eigenvalue weighted by Gasteiger charge is -2.33. The minimum absolute atomic E-state index is 0.0388. The summed E-state index contributed by atoms with van der Waals surface area (Å²) in [6, 6.07) is 35.0. The third-order valence-electron chi connectivity index (χ3n) is 12.6. The van der Waals surface area contributed by atoms with Gasteiger partial charge in [-0.05, 0) is 108 Å². The maximum absolute atomic E-state index is 6.66. The number of hydrogen-bond acceptors (Lipinski definition) is 2. The molecule has 0 aliphatic carbocycles. The van der Waals surface area contributed by atoms with Gasteiger partial charge in [-0.25, -0.2) is 0 Å². The first-order chi connectivity index (χ1) is 30.3. The molecule has 8 bridgehead atoms. The predicted molar refractivity (Wildman–Crippen MR) is 261 cm³/mol. The average molecular weight is 851 g/mol. The predicted octanol–water partition coefficient (Wildman–Crippen LogP) is 9.40. The van der Waals surface area contributed by atoms with Gasteiger partial charge in [-0.1, -0.05) is 96.4 Å². The minimum Gasteiger partial charge on any atom is -0.443 e. The fourth-order valence-corrected chi connectivity index (χ4v) is 9.17. The summed E-state index contributed by atoms with van der Waals surface area (Å²) in [6.45, 7) is 6.67. The van der Waals surface area contributed by atoms with Crippen molar-refractivity contribution in [3.63, 3.8) is 0 Å². The Hall–Kier alpha value is -5.44. The van der Waals surface area contributed by atoms with Crippen molar-refractivity contribution < 1.29 is 18.4 Å². The molecular weight excluding hydrogens is 777 g/mol. The molecular formula is C55H74N6O2+2. The molecule has 0 saturated heterocycles. The molecule has 0 saturated carbocycles. The lowest BCUT2D eigenvalue weighted by molar-refractivity contribution is -0.915. The SMILES string of the molecule is CCCCCCCCCCCC1=c2ccc([nH]2)=C(c2cccc(OC(CC)[N+](C)(C)C)c2)c2ccc([nH]2)C=c2ccc([nH]2)=C(c2cccc(OC(CC)[N+](C)(C)C)c2)c2ccc1[nH]2. The molecule has 7 rings (SSSR count). The Morgan fingerprint density at radius 1 is 0.476 bits per heavy atom. The molecule has 6 aromatic rings. The van der Waals surface area contributed by atoms with Gasteiger partial charge < -0.3 is 29.4 Å². The number of H-pyrrole nitrogens is 4. The van der Waals surface area contributed by atoms with Crippen LogP contribution in [0.25, 0.3) is 22.8 Å². The standard InChI is InChI=1S/C55H74N6O2/c1-10-13-14-15-16-17-18-19-20-27-45-46-32-34-50(58-46)54(39-23-21-25-43(36-39)62-52(11-2)60(4,5)6)48-30-28-41(56-48)38-42-29-31-49(57-42)55(51-35-33-47(45)59-51)40-24-22-26-44(37-40)63-53(12-3)61(7,8)9/h21-26,28-38,52-53,56-59H,10-20,27H2,1-9H3/q+2. The Balaban J connectivity index is 1.36. The Kier molecular flexibility index (Phi) is 14.7. The van der Waals surface area contributed by atoms with E-state index in [4.69, 9.17) is 9.47 Å². The molecule has 2 aromatic carbocycles. The van der Waals surface area contributed by atoms with Crippen LogP contribution in [0, 0.1) is 0 Å². The summed E-state index contributed by atoms with van der Waals surface area (Å²) in [7, 11) is 13.1. The Morgan fingerprint density at radius 3 is 1.57 bits per heavy atom. The summed E-state index contributed by atoms with van der Waals surface area (Å²) < 4.78 is 14.8. The van der Waals surface area contributed by atoms with Crippen LogP contribution in [0.15, 0.2) is 97.1 Å². The molecule has 1 aliphatic heterocycles. The lowest BCUT2D eigenvalue weighted by atomic mass is 10.0. The van der Waals surface area contributed by atoms with Crippen LogP contribution in [0.5, 0.6) is 11.5 Å². The highest BCUT2D eigenvalue weighted by Crippen LogP contribution is 2.29. The molecule has 63 heavy (non-hydrogen) atoms. The molecule has 0 amide bonds. The third-order valence-corrected chi connectivity index (χ3v) is 12.6. The van der Waals surface area contributed by atoms with Crippen molar-refractivity contribution in [1.82, 2.24) is 19.9 Å². The summed E-state index contributed by atoms with van der Waals surface area (Å²) in [4.78, 5) is 15.5. The molecule has 4 N–H and O–H groups in total. The van der Waals surface area contributed by atoms with Gasteiger partial charge in [-0.15, -0.1) is 0 Å². The second-order valence-corrected chi connectivity index (χ2v) is 19.4. The van der Waals surface area contributed by atoms with Gasteiger partial charge in [0.2, 0.25) is 12.5 Å². The lowest BCUT2D eigenvalue weighted by Crippen LogP contribution is -2.48. The molecule has 0 fully saturated rings. The van der Waals surface area contributed by atoms with Gasteiger partial charge in [0.25, 0.3) is 0 Å². The normalized spacial score (nSPS) is 14.1. The number of quaternary nitrogens is 2. The number of rotatable bonds is 20. The molecule has 1 aliphatic rings. The average Bonchev–Trinajstić information content (AvgIpc) is 4.10. The number of nitrogens with one attached hydrogen (secondary N) is 4. The van der Waals surface area contributed by atoms with Crippen LogP contribution in [0.1, 0.15) is 132 Å². The summed E-state index contributed by atoms with van der Waals surface area (Å²) in [5, 5.41) is 4.24. The summed E-state index contributed by atoms with van der Waals surface area (Å²) in [6.07, 6.45) is 16.7. The van der Waals surface area contributed by atoms with E-state index in [-0.39, 0.29) is 12.5 Å². The van der Waals surface area contributed by atoms with Crippen molar-refractivity contribution in [2.24, 2.45) is 0 Å². The Bertz CT molecular complexity index is 2680. The molecule has 8 heteroatoms. The van der Waals surface area contributed by atoms with E-state index in [0.717, 1.165) is 113 Å². The highest BCUT2D eigenvalue weighted by molar-refractivity contribution is 5.80. The molecule has 2 unspecified atom stereocenters. The fraction of sp³-hybridized carbons (Fsp3) is 0.418. The molecule has 4 aromatic heterocycles. The van der Waals surface area contributed by atoms with E-state index in [9.17, 15) is 0 Å². The van der Waals surface area contributed by atoms with Crippen LogP contribution in [0.4, 0.5) is 0 Å². The highest BCUT2D eigenvalue weighted by atomic mass is 16.5. The zero-order valence-electron chi connectivity index (χ0n) is 39.7. The van der Waals surface area contributed by atoms with Gasteiger partial charge in [-0.3, -0.25) is 8.97 Å². The quantitative estimate of drug-likeness (QED) is 0.0351. The number of fused-ring (bicyclic) bond motifs is 8. The van der Waals surface area contributed by atoms with E-state index >= 15 is 0 Å². The number of nitrogens with zero attached hydrogens (tertiary/aromatic N) is 2. The maximum atomic E-state index is 6.66. The van der Waals surface area contributed by atoms with Crippen molar-refractivity contribution >= 4 is 22.8 Å². The van der Waals surface area contributed by atoms with Crippen molar-refractivity contribution in [1.29, 1.82) is 0 Å². The van der Waals surface area contributed by atoms with Crippen LogP contribution in [-0.2, 0) is 0 Å². The molecule has 2 atom stereocenters. The van der Waals surface area contributed by atoms with E-state index < -0.39 is 0 Å². The molecule has 8 nitrogen and oxygen atoms in total. The van der Waals surface area contributed by atoms with E-state index in [1.807, 2.05) is 0 Å². The molecule has 0 radical (unpaired) electrons. The number of unbranched alkanes of at least 4 members (excludes halogenated alkanes) is 8. The summed E-state index contributed by atoms with van der Waals surface area (Å²) in [5.74, 6) is 1.74. The van der Waals surface area contributed by atoms with Gasteiger partial charge in [-0.2, -0.15) is 0 Å². The van der Waals surface area contributed by atoms with Gasteiger partial charge in [0.05, 0.1) is 42.3 Å². The maximum Gasteiger partial charge on any atom is 0.232 e. The first kappa shape index (κ1) is 45.6. The van der Waals surface area contributed by atoms with Crippen LogP contribution < -0.4 is 30.9 Å². The van der Waals surface area contributed by atoms with Gasteiger partial charge >= 0.3 is 0 Å². The summed E-state index contributed by atoms with van der Waals surface area (Å²) in [5.41, 5.74) is 9.93. The largest absolute Gasteiger partial charge is 0.443 e. The number of hydrogen-bond donors (Lipinski definition) is 4. The zero-order valence-corrected chi connectivity index (χ0v) is 39.7. The van der Waals surface area contributed by atoms with Crippen LogP contribution in [-0.4, -0.2) is 83.6 Å². The fourth-order valence-electron chi connectivity index (χ4n) is 9.17. The second-order valence-electron chi connectivity index (χ2n) is 19.4. The van der Waals surface area contributed by atoms with E-state index in [1.54, 1.807) is 0 Å². The Morgan fingerprint density at radius 2 is 0.984 bits per heavy atom.